The maximum atomic E-state index is 13.0. The number of nitrogens with one attached hydrogen (secondary N) is 1. The third kappa shape index (κ3) is 3.02. The number of rotatable bonds is 3. The van der Waals surface area contributed by atoms with E-state index in [0.29, 0.717) is 10.2 Å². The SMILES string of the molecule is O=[N+]([O-])c1c(Cl)cccc1Nc1ccc(F)cc1Br. The average Bonchev–Trinajstić information content (AvgIpc) is 2.32. The van der Waals surface area contributed by atoms with Crippen molar-refractivity contribution in [2.24, 2.45) is 0 Å². The predicted molar refractivity (Wildman–Crippen MR) is 75.5 cm³/mol. The van der Waals surface area contributed by atoms with Gasteiger partial charge in [0.05, 0.1) is 10.6 Å². The molecule has 0 bridgehead atoms. The first kappa shape index (κ1) is 13.8. The highest BCUT2D eigenvalue weighted by Gasteiger charge is 2.18. The molecule has 0 unspecified atom stereocenters. The van der Waals surface area contributed by atoms with Crippen LogP contribution in [0.25, 0.3) is 0 Å². The van der Waals surface area contributed by atoms with Gasteiger partial charge in [-0.3, -0.25) is 10.1 Å². The number of anilines is 2. The molecule has 0 heterocycles. The van der Waals surface area contributed by atoms with Crippen LogP contribution in [-0.2, 0) is 0 Å². The highest BCUT2D eigenvalue weighted by molar-refractivity contribution is 9.10. The number of nitro benzene ring substituents is 1. The van der Waals surface area contributed by atoms with Crippen molar-refractivity contribution in [1.82, 2.24) is 0 Å². The maximum absolute atomic E-state index is 13.0. The van der Waals surface area contributed by atoms with Gasteiger partial charge >= 0.3 is 5.69 Å². The molecule has 7 heteroatoms. The van der Waals surface area contributed by atoms with E-state index in [0.717, 1.165) is 0 Å². The summed E-state index contributed by atoms with van der Waals surface area (Å²) in [5, 5.41) is 13.9. The predicted octanol–water partition coefficient (Wildman–Crippen LogP) is 4.89. The molecule has 0 saturated carbocycles. The molecule has 0 aliphatic rings. The average molecular weight is 346 g/mol. The number of nitrogens with zero attached hydrogens (tertiary/aromatic N) is 1. The molecule has 0 spiro atoms. The molecular weight excluding hydrogens is 338 g/mol. The lowest BCUT2D eigenvalue weighted by molar-refractivity contribution is -0.383. The van der Waals surface area contributed by atoms with Gasteiger partial charge < -0.3 is 5.32 Å². The first-order chi connectivity index (χ1) is 8.99. The molecule has 0 amide bonds. The summed E-state index contributed by atoms with van der Waals surface area (Å²) in [6, 6.07) is 8.55. The van der Waals surface area contributed by atoms with Gasteiger partial charge in [-0.2, -0.15) is 0 Å². The third-order valence-electron chi connectivity index (χ3n) is 2.37. The Morgan fingerprint density at radius 3 is 2.63 bits per heavy atom. The van der Waals surface area contributed by atoms with Crippen LogP contribution in [0.3, 0.4) is 0 Å². The molecule has 4 nitrogen and oxygen atoms in total. The van der Waals surface area contributed by atoms with E-state index >= 15 is 0 Å². The highest BCUT2D eigenvalue weighted by atomic mass is 79.9. The van der Waals surface area contributed by atoms with Gasteiger partial charge in [0.1, 0.15) is 16.5 Å². The van der Waals surface area contributed by atoms with Gasteiger partial charge in [-0.1, -0.05) is 17.7 Å². The number of hydrogen-bond acceptors (Lipinski definition) is 3. The maximum Gasteiger partial charge on any atom is 0.311 e. The van der Waals surface area contributed by atoms with Crippen LogP contribution in [0.4, 0.5) is 21.5 Å². The largest absolute Gasteiger partial charge is 0.349 e. The lowest BCUT2D eigenvalue weighted by atomic mass is 10.2. The zero-order chi connectivity index (χ0) is 14.0. The van der Waals surface area contributed by atoms with Crippen molar-refractivity contribution in [3.05, 3.63) is 61.8 Å². The molecule has 2 aromatic carbocycles. The minimum Gasteiger partial charge on any atom is -0.349 e. The van der Waals surface area contributed by atoms with Crippen LogP contribution in [0.1, 0.15) is 0 Å². The fourth-order valence-electron chi connectivity index (χ4n) is 1.54. The molecule has 19 heavy (non-hydrogen) atoms. The lowest BCUT2D eigenvalue weighted by Gasteiger charge is -2.09. The molecule has 0 aromatic heterocycles. The summed E-state index contributed by atoms with van der Waals surface area (Å²) in [4.78, 5) is 10.4. The Morgan fingerprint density at radius 1 is 1.26 bits per heavy atom. The fraction of sp³-hybridized carbons (Fsp3) is 0. The summed E-state index contributed by atoms with van der Waals surface area (Å²) in [5.41, 5.74) is 0.525. The fourth-order valence-corrected chi connectivity index (χ4v) is 2.23. The van der Waals surface area contributed by atoms with Gasteiger partial charge in [-0.05, 0) is 46.3 Å². The molecule has 1 N–H and O–H groups in total. The lowest BCUT2D eigenvalue weighted by Crippen LogP contribution is -1.98. The van der Waals surface area contributed by atoms with Crippen LogP contribution < -0.4 is 5.32 Å². The summed E-state index contributed by atoms with van der Waals surface area (Å²) in [7, 11) is 0. The number of halogens is 3. The van der Waals surface area contributed by atoms with E-state index in [2.05, 4.69) is 21.2 Å². The molecule has 0 aliphatic heterocycles. The van der Waals surface area contributed by atoms with E-state index in [1.807, 2.05) is 0 Å². The Hall–Kier alpha value is -1.66. The van der Waals surface area contributed by atoms with Crippen LogP contribution >= 0.6 is 27.5 Å². The van der Waals surface area contributed by atoms with E-state index in [1.165, 1.54) is 30.3 Å². The second-order valence-corrected chi connectivity index (χ2v) is 4.90. The summed E-state index contributed by atoms with van der Waals surface area (Å²) in [6.07, 6.45) is 0. The molecule has 2 rings (SSSR count). The molecule has 0 atom stereocenters. The first-order valence-electron chi connectivity index (χ1n) is 5.14. The van der Waals surface area contributed by atoms with Crippen LogP contribution in [0.2, 0.25) is 5.02 Å². The van der Waals surface area contributed by atoms with Crippen molar-refractivity contribution in [2.75, 3.05) is 5.32 Å². The first-order valence-corrected chi connectivity index (χ1v) is 6.31. The minimum absolute atomic E-state index is 0.0354. The molecule has 98 valence electrons. The second-order valence-electron chi connectivity index (χ2n) is 3.64. The Morgan fingerprint density at radius 2 is 2.00 bits per heavy atom. The van der Waals surface area contributed by atoms with Gasteiger partial charge in [0, 0.05) is 4.47 Å². The Labute approximate surface area is 121 Å². The molecule has 2 aromatic rings. The third-order valence-corrected chi connectivity index (χ3v) is 3.33. The Balaban J connectivity index is 2.44. The highest BCUT2D eigenvalue weighted by Crippen LogP contribution is 2.36. The van der Waals surface area contributed by atoms with Gasteiger partial charge in [0.2, 0.25) is 0 Å². The van der Waals surface area contributed by atoms with Gasteiger partial charge in [-0.15, -0.1) is 0 Å². The summed E-state index contributed by atoms with van der Waals surface area (Å²) >= 11 is 8.98. The standard InChI is InChI=1S/C12H7BrClFN2O2/c13-8-6-7(15)4-5-10(8)16-11-3-1-2-9(14)12(11)17(18)19/h1-6,16H. The van der Waals surface area contributed by atoms with E-state index in [4.69, 9.17) is 11.6 Å². The number of para-hydroxylation sites is 1. The zero-order valence-electron chi connectivity index (χ0n) is 9.36. The van der Waals surface area contributed by atoms with E-state index in [9.17, 15) is 14.5 Å². The molecular formula is C12H7BrClFN2O2. The van der Waals surface area contributed by atoms with Gasteiger partial charge in [0.15, 0.2) is 0 Å². The van der Waals surface area contributed by atoms with Crippen molar-refractivity contribution in [1.29, 1.82) is 0 Å². The van der Waals surface area contributed by atoms with Crippen LogP contribution in [-0.4, -0.2) is 4.92 Å². The van der Waals surface area contributed by atoms with E-state index in [-0.39, 0.29) is 16.4 Å². The molecule has 0 fully saturated rings. The van der Waals surface area contributed by atoms with Crippen LogP contribution in [0, 0.1) is 15.9 Å². The van der Waals surface area contributed by atoms with Gasteiger partial charge in [-0.25, -0.2) is 4.39 Å². The van der Waals surface area contributed by atoms with Crippen molar-refractivity contribution >= 4 is 44.6 Å². The zero-order valence-corrected chi connectivity index (χ0v) is 11.7. The van der Waals surface area contributed by atoms with Gasteiger partial charge in [0.25, 0.3) is 0 Å². The summed E-state index contributed by atoms with van der Waals surface area (Å²) < 4.78 is 13.4. The Kier molecular flexibility index (Phi) is 4.01. The van der Waals surface area contributed by atoms with E-state index < -0.39 is 10.7 Å². The Bertz CT molecular complexity index is 652. The van der Waals surface area contributed by atoms with E-state index in [1.54, 1.807) is 6.07 Å². The number of benzene rings is 2. The summed E-state index contributed by atoms with van der Waals surface area (Å²) in [5.74, 6) is -0.405. The van der Waals surface area contributed by atoms with Crippen LogP contribution in [0.5, 0.6) is 0 Å². The minimum atomic E-state index is -0.567. The molecule has 0 saturated heterocycles. The van der Waals surface area contributed by atoms with Crippen molar-refractivity contribution in [3.63, 3.8) is 0 Å². The van der Waals surface area contributed by atoms with Crippen molar-refractivity contribution in [2.45, 2.75) is 0 Å². The number of hydrogen-bond donors (Lipinski definition) is 1. The second kappa shape index (κ2) is 5.54. The topological polar surface area (TPSA) is 55.2 Å². The number of nitro groups is 1. The molecule has 0 aliphatic carbocycles. The van der Waals surface area contributed by atoms with Crippen LogP contribution in [0.15, 0.2) is 40.9 Å². The normalized spacial score (nSPS) is 10.3. The smallest absolute Gasteiger partial charge is 0.311 e. The monoisotopic (exact) mass is 344 g/mol. The summed E-state index contributed by atoms with van der Waals surface area (Å²) in [6.45, 7) is 0. The van der Waals surface area contributed by atoms with Crippen molar-refractivity contribution in [3.8, 4) is 0 Å². The quantitative estimate of drug-likeness (QED) is 0.636. The molecule has 0 radical (unpaired) electrons. The van der Waals surface area contributed by atoms with Crippen molar-refractivity contribution < 1.29 is 9.31 Å².